The van der Waals surface area contributed by atoms with E-state index < -0.39 is 0 Å². The van der Waals surface area contributed by atoms with Crippen LogP contribution in [-0.2, 0) is 4.79 Å². The Bertz CT molecular complexity index is 287. The first-order chi connectivity index (χ1) is 6.29. The first-order valence-corrected chi connectivity index (χ1v) is 4.51. The maximum absolute atomic E-state index is 10.3. The number of halogens is 1. The van der Waals surface area contributed by atoms with Crippen molar-refractivity contribution >= 4 is 17.9 Å². The van der Waals surface area contributed by atoms with E-state index in [0.717, 1.165) is 43.0 Å². The second-order valence-electron chi connectivity index (χ2n) is 2.84. The summed E-state index contributed by atoms with van der Waals surface area (Å²) < 4.78 is 0. The van der Waals surface area contributed by atoms with Crippen molar-refractivity contribution in [2.75, 3.05) is 0 Å². The quantitative estimate of drug-likeness (QED) is 0.421. The summed E-state index contributed by atoms with van der Waals surface area (Å²) in [6, 6.07) is 0. The van der Waals surface area contributed by atoms with Gasteiger partial charge in [-0.15, -0.1) is 0 Å². The highest BCUT2D eigenvalue weighted by Crippen LogP contribution is 2.32. The molecule has 0 aromatic carbocycles. The van der Waals surface area contributed by atoms with E-state index in [1.54, 1.807) is 6.08 Å². The predicted molar refractivity (Wildman–Crippen MR) is 52.6 cm³/mol. The molecule has 2 nitrogen and oxygen atoms in total. The van der Waals surface area contributed by atoms with Gasteiger partial charge in [0.15, 0.2) is 0 Å². The van der Waals surface area contributed by atoms with Crippen LogP contribution in [-0.4, -0.2) is 11.4 Å². The fraction of sp³-hybridized carbons (Fsp3) is 0.300. The van der Waals surface area contributed by atoms with Crippen LogP contribution in [0.3, 0.4) is 0 Å². The molecule has 0 amide bonds. The van der Waals surface area contributed by atoms with Crippen LogP contribution >= 0.6 is 11.6 Å². The molecule has 0 saturated heterocycles. The minimum atomic E-state index is 0.601. The van der Waals surface area contributed by atoms with Crippen LogP contribution in [0.25, 0.3) is 0 Å². The van der Waals surface area contributed by atoms with Crippen molar-refractivity contribution in [2.45, 2.75) is 19.3 Å². The highest BCUT2D eigenvalue weighted by atomic mass is 35.5. The standard InChI is InChI=1S/C10H11ClO2/c11-10-8(4-6-12)2-1-3-9(10)5-7-13/h4-7,12H,1-3H2/b6-4+,9-5+. The summed E-state index contributed by atoms with van der Waals surface area (Å²) in [7, 11) is 0. The van der Waals surface area contributed by atoms with Crippen LogP contribution in [0.2, 0.25) is 0 Å². The number of allylic oxidation sites excluding steroid dienone is 5. The molecule has 0 heterocycles. The number of carbonyl (C=O) groups excluding carboxylic acids is 1. The number of aliphatic hydroxyl groups is 1. The molecular weight excluding hydrogens is 188 g/mol. The van der Waals surface area contributed by atoms with Crippen LogP contribution in [0.15, 0.2) is 34.6 Å². The van der Waals surface area contributed by atoms with E-state index in [1.165, 1.54) is 6.08 Å². The molecule has 0 saturated carbocycles. The maximum Gasteiger partial charge on any atom is 0.143 e. The first-order valence-electron chi connectivity index (χ1n) is 4.13. The number of hydrogen-bond acceptors (Lipinski definition) is 2. The summed E-state index contributed by atoms with van der Waals surface area (Å²) in [6.07, 6.45) is 7.42. The zero-order valence-corrected chi connectivity index (χ0v) is 7.92. The molecule has 0 fully saturated rings. The minimum absolute atomic E-state index is 0.601. The first kappa shape index (κ1) is 10.1. The van der Waals surface area contributed by atoms with E-state index in [4.69, 9.17) is 16.7 Å². The highest BCUT2D eigenvalue weighted by Gasteiger charge is 2.13. The summed E-state index contributed by atoms with van der Waals surface area (Å²) in [5, 5.41) is 9.19. The van der Waals surface area contributed by atoms with Gasteiger partial charge in [-0.3, -0.25) is 4.79 Å². The maximum atomic E-state index is 10.3. The van der Waals surface area contributed by atoms with E-state index >= 15 is 0 Å². The smallest absolute Gasteiger partial charge is 0.143 e. The zero-order chi connectivity index (χ0) is 9.68. The fourth-order valence-corrected chi connectivity index (χ4v) is 1.70. The Balaban J connectivity index is 2.98. The van der Waals surface area contributed by atoms with Crippen molar-refractivity contribution in [1.82, 2.24) is 0 Å². The Morgan fingerprint density at radius 3 is 2.77 bits per heavy atom. The predicted octanol–water partition coefficient (Wildman–Crippen LogP) is 2.86. The topological polar surface area (TPSA) is 37.3 Å². The summed E-state index contributed by atoms with van der Waals surface area (Å²) in [4.78, 5) is 10.3. The number of carbonyl (C=O) groups is 1. The van der Waals surface area contributed by atoms with E-state index in [-0.39, 0.29) is 0 Å². The third kappa shape index (κ3) is 2.46. The molecule has 1 N–H and O–H groups in total. The van der Waals surface area contributed by atoms with Gasteiger partial charge in [0.25, 0.3) is 0 Å². The van der Waals surface area contributed by atoms with Crippen molar-refractivity contribution < 1.29 is 9.90 Å². The Kier molecular flexibility index (Phi) is 3.77. The fourth-order valence-electron chi connectivity index (χ4n) is 1.38. The van der Waals surface area contributed by atoms with E-state index in [0.29, 0.717) is 5.03 Å². The van der Waals surface area contributed by atoms with Crippen LogP contribution in [0, 0.1) is 0 Å². The molecule has 0 bridgehead atoms. The van der Waals surface area contributed by atoms with Crippen molar-refractivity contribution in [3.8, 4) is 0 Å². The summed E-state index contributed by atoms with van der Waals surface area (Å²) >= 11 is 6.00. The lowest BCUT2D eigenvalue weighted by Crippen LogP contribution is -1.98. The van der Waals surface area contributed by atoms with Gasteiger partial charge < -0.3 is 5.11 Å². The molecule has 0 spiro atoms. The van der Waals surface area contributed by atoms with E-state index in [2.05, 4.69) is 0 Å². The van der Waals surface area contributed by atoms with Gasteiger partial charge in [-0.25, -0.2) is 0 Å². The van der Waals surface area contributed by atoms with Crippen LogP contribution in [0.1, 0.15) is 19.3 Å². The number of hydrogen-bond donors (Lipinski definition) is 1. The second kappa shape index (κ2) is 4.87. The molecule has 1 aliphatic carbocycles. The largest absolute Gasteiger partial charge is 0.516 e. The lowest BCUT2D eigenvalue weighted by atomic mass is 9.95. The summed E-state index contributed by atoms with van der Waals surface area (Å²) in [5.41, 5.74) is 1.75. The molecule has 0 radical (unpaired) electrons. The monoisotopic (exact) mass is 198 g/mol. The average molecular weight is 199 g/mol. The third-order valence-corrected chi connectivity index (χ3v) is 2.49. The summed E-state index contributed by atoms with van der Waals surface area (Å²) in [6.45, 7) is 0. The average Bonchev–Trinajstić information content (AvgIpc) is 2.13. The van der Waals surface area contributed by atoms with Gasteiger partial charge in [-0.1, -0.05) is 11.6 Å². The van der Waals surface area contributed by atoms with E-state index in [9.17, 15) is 4.79 Å². The number of aliphatic hydroxyl groups excluding tert-OH is 1. The molecule has 0 unspecified atom stereocenters. The van der Waals surface area contributed by atoms with Gasteiger partial charge in [0.2, 0.25) is 0 Å². The Hall–Kier alpha value is -1.02. The molecule has 0 aliphatic heterocycles. The molecule has 70 valence electrons. The third-order valence-electron chi connectivity index (χ3n) is 2.00. The van der Waals surface area contributed by atoms with Crippen LogP contribution in [0.5, 0.6) is 0 Å². The molecule has 1 aliphatic rings. The molecule has 0 aromatic heterocycles. The Morgan fingerprint density at radius 1 is 1.38 bits per heavy atom. The second-order valence-corrected chi connectivity index (χ2v) is 3.21. The molecule has 13 heavy (non-hydrogen) atoms. The summed E-state index contributed by atoms with van der Waals surface area (Å²) in [5.74, 6) is 0. The van der Waals surface area contributed by atoms with Crippen molar-refractivity contribution in [2.24, 2.45) is 0 Å². The molecule has 3 heteroatoms. The lowest BCUT2D eigenvalue weighted by molar-refractivity contribution is -0.104. The highest BCUT2D eigenvalue weighted by molar-refractivity contribution is 6.32. The normalized spacial score (nSPS) is 21.5. The van der Waals surface area contributed by atoms with Gasteiger partial charge in [-0.2, -0.15) is 0 Å². The van der Waals surface area contributed by atoms with E-state index in [1.807, 2.05) is 0 Å². The van der Waals surface area contributed by atoms with Gasteiger partial charge in [0.1, 0.15) is 6.29 Å². The SMILES string of the molecule is O=C/C=C1\CCCC(/C=C/O)=C1Cl. The van der Waals surface area contributed by atoms with Crippen LogP contribution in [0.4, 0.5) is 0 Å². The molecule has 0 aromatic rings. The Labute approximate surface area is 82.2 Å². The van der Waals surface area contributed by atoms with Gasteiger partial charge in [-0.05, 0) is 42.6 Å². The van der Waals surface area contributed by atoms with Gasteiger partial charge in [0, 0.05) is 5.03 Å². The number of aldehydes is 1. The molecule has 1 rings (SSSR count). The van der Waals surface area contributed by atoms with Gasteiger partial charge in [0.05, 0.1) is 6.26 Å². The molecular formula is C10H11ClO2. The van der Waals surface area contributed by atoms with Gasteiger partial charge >= 0.3 is 0 Å². The van der Waals surface area contributed by atoms with Crippen molar-refractivity contribution in [3.05, 3.63) is 34.6 Å². The van der Waals surface area contributed by atoms with Crippen molar-refractivity contribution in [3.63, 3.8) is 0 Å². The van der Waals surface area contributed by atoms with Crippen LogP contribution < -0.4 is 0 Å². The number of rotatable bonds is 2. The Morgan fingerprint density at radius 2 is 2.15 bits per heavy atom. The van der Waals surface area contributed by atoms with Crippen molar-refractivity contribution in [1.29, 1.82) is 0 Å². The zero-order valence-electron chi connectivity index (χ0n) is 7.16. The molecule has 0 atom stereocenters. The lowest BCUT2D eigenvalue weighted by Gasteiger charge is -2.15. The minimum Gasteiger partial charge on any atom is -0.516 e.